The molecule has 2 rings (SSSR count). The van der Waals surface area contributed by atoms with Crippen molar-refractivity contribution in [3.63, 3.8) is 0 Å². The standard InChI is InChI=1S/C18H24N2O4S/c1-14(13-20-25(22,23)16-10-6-3-7-11-16)12-17(21)18(19)24-15-8-4-2-5-9-15/h2-11,14,17-18,20-21H,12-13,19H2,1H3. The van der Waals surface area contributed by atoms with E-state index in [4.69, 9.17) is 10.5 Å². The molecule has 6 nitrogen and oxygen atoms in total. The first-order chi connectivity index (χ1) is 11.9. The minimum absolute atomic E-state index is 0.112. The molecule has 4 N–H and O–H groups in total. The van der Waals surface area contributed by atoms with E-state index in [0.717, 1.165) is 0 Å². The largest absolute Gasteiger partial charge is 0.473 e. The molecule has 0 aromatic heterocycles. The molecule has 3 unspecified atom stereocenters. The lowest BCUT2D eigenvalue weighted by molar-refractivity contribution is 0.0258. The molecule has 0 aliphatic carbocycles. The van der Waals surface area contributed by atoms with Crippen LogP contribution in [0, 0.1) is 5.92 Å². The fraction of sp³-hybridized carbons (Fsp3) is 0.333. The summed E-state index contributed by atoms with van der Waals surface area (Å²) in [6, 6.07) is 17.2. The number of nitrogens with two attached hydrogens (primary N) is 1. The minimum atomic E-state index is -3.55. The first kappa shape index (κ1) is 19.4. The van der Waals surface area contributed by atoms with Gasteiger partial charge >= 0.3 is 0 Å². The summed E-state index contributed by atoms with van der Waals surface area (Å²) in [7, 11) is -3.55. The van der Waals surface area contributed by atoms with Crippen molar-refractivity contribution < 1.29 is 18.3 Å². The van der Waals surface area contributed by atoms with E-state index in [1.54, 1.807) is 30.3 Å². The Morgan fingerprint density at radius 3 is 2.24 bits per heavy atom. The van der Waals surface area contributed by atoms with Crippen molar-refractivity contribution in [1.82, 2.24) is 4.72 Å². The Hall–Kier alpha value is -1.93. The molecule has 0 spiro atoms. The van der Waals surface area contributed by atoms with Crippen molar-refractivity contribution in [2.45, 2.75) is 30.6 Å². The molecule has 0 bridgehead atoms. The molecule has 3 atom stereocenters. The molecule has 2 aromatic rings. The van der Waals surface area contributed by atoms with Gasteiger partial charge in [0.25, 0.3) is 0 Å². The van der Waals surface area contributed by atoms with Crippen LogP contribution in [-0.2, 0) is 10.0 Å². The highest BCUT2D eigenvalue weighted by molar-refractivity contribution is 7.89. The monoisotopic (exact) mass is 364 g/mol. The lowest BCUT2D eigenvalue weighted by Crippen LogP contribution is -2.41. The summed E-state index contributed by atoms with van der Waals surface area (Å²) in [4.78, 5) is 0.215. The molecule has 0 fully saturated rings. The van der Waals surface area contributed by atoms with Crippen LogP contribution >= 0.6 is 0 Å². The lowest BCUT2D eigenvalue weighted by atomic mass is 10.0. The van der Waals surface area contributed by atoms with Crippen LogP contribution in [0.15, 0.2) is 65.6 Å². The van der Waals surface area contributed by atoms with Crippen LogP contribution in [0.5, 0.6) is 5.75 Å². The summed E-state index contributed by atoms with van der Waals surface area (Å²) in [5, 5.41) is 10.2. The third-order valence-electron chi connectivity index (χ3n) is 3.71. The summed E-state index contributed by atoms with van der Waals surface area (Å²) < 4.78 is 32.4. The van der Waals surface area contributed by atoms with E-state index < -0.39 is 22.4 Å². The van der Waals surface area contributed by atoms with Crippen LogP contribution in [0.1, 0.15) is 13.3 Å². The summed E-state index contributed by atoms with van der Waals surface area (Å²) in [5.74, 6) is 0.463. The maximum Gasteiger partial charge on any atom is 0.240 e. The number of benzene rings is 2. The van der Waals surface area contributed by atoms with E-state index in [0.29, 0.717) is 12.2 Å². The number of aliphatic hydroxyl groups excluding tert-OH is 1. The van der Waals surface area contributed by atoms with E-state index in [-0.39, 0.29) is 17.4 Å². The van der Waals surface area contributed by atoms with Gasteiger partial charge in [-0.2, -0.15) is 0 Å². The van der Waals surface area contributed by atoms with Gasteiger partial charge in [0, 0.05) is 6.54 Å². The molecule has 0 radical (unpaired) electrons. The zero-order valence-electron chi connectivity index (χ0n) is 14.1. The van der Waals surface area contributed by atoms with Crippen LogP contribution in [0.25, 0.3) is 0 Å². The predicted molar refractivity (Wildman–Crippen MR) is 96.5 cm³/mol. The van der Waals surface area contributed by atoms with Crippen LogP contribution < -0.4 is 15.2 Å². The molecule has 0 saturated carbocycles. The third kappa shape index (κ3) is 6.13. The van der Waals surface area contributed by atoms with E-state index >= 15 is 0 Å². The number of hydrogen-bond donors (Lipinski definition) is 3. The van der Waals surface area contributed by atoms with E-state index in [9.17, 15) is 13.5 Å². The molecule has 0 aliphatic heterocycles. The van der Waals surface area contributed by atoms with Gasteiger partial charge in [-0.1, -0.05) is 43.3 Å². The predicted octanol–water partition coefficient (Wildman–Crippen LogP) is 1.72. The maximum atomic E-state index is 12.2. The highest BCUT2D eigenvalue weighted by Gasteiger charge is 2.21. The highest BCUT2D eigenvalue weighted by atomic mass is 32.2. The van der Waals surface area contributed by atoms with Gasteiger partial charge < -0.3 is 9.84 Å². The minimum Gasteiger partial charge on any atom is -0.473 e. The number of hydrogen-bond acceptors (Lipinski definition) is 5. The van der Waals surface area contributed by atoms with Crippen LogP contribution in [0.3, 0.4) is 0 Å². The van der Waals surface area contributed by atoms with Gasteiger partial charge in [-0.25, -0.2) is 13.1 Å². The number of nitrogens with one attached hydrogen (secondary N) is 1. The van der Waals surface area contributed by atoms with Crippen molar-refractivity contribution in [1.29, 1.82) is 0 Å². The van der Waals surface area contributed by atoms with Crippen molar-refractivity contribution in [3.05, 3.63) is 60.7 Å². The second-order valence-electron chi connectivity index (χ2n) is 5.97. The van der Waals surface area contributed by atoms with Crippen LogP contribution in [0.4, 0.5) is 0 Å². The lowest BCUT2D eigenvalue weighted by Gasteiger charge is -2.23. The number of aliphatic hydroxyl groups is 1. The molecule has 0 saturated heterocycles. The Balaban J connectivity index is 1.82. The number of para-hydroxylation sites is 1. The third-order valence-corrected chi connectivity index (χ3v) is 5.15. The summed E-state index contributed by atoms with van der Waals surface area (Å²) in [6.07, 6.45) is -1.47. The summed E-state index contributed by atoms with van der Waals surface area (Å²) in [5.41, 5.74) is 5.86. The van der Waals surface area contributed by atoms with Crippen molar-refractivity contribution in [3.8, 4) is 5.75 Å². The number of ether oxygens (including phenoxy) is 1. The van der Waals surface area contributed by atoms with Gasteiger partial charge in [0.05, 0.1) is 4.90 Å². The zero-order chi connectivity index (χ0) is 18.3. The molecule has 7 heteroatoms. The van der Waals surface area contributed by atoms with E-state index in [1.165, 1.54) is 12.1 Å². The zero-order valence-corrected chi connectivity index (χ0v) is 14.9. The smallest absolute Gasteiger partial charge is 0.240 e. The molecule has 2 aromatic carbocycles. The second kappa shape index (κ2) is 8.96. The normalized spacial score (nSPS) is 15.3. The second-order valence-corrected chi connectivity index (χ2v) is 7.74. The van der Waals surface area contributed by atoms with Gasteiger partial charge in [0.1, 0.15) is 11.9 Å². The fourth-order valence-electron chi connectivity index (χ4n) is 2.30. The Kier molecular flexibility index (Phi) is 6.95. The SMILES string of the molecule is CC(CNS(=O)(=O)c1ccccc1)CC(O)C(N)Oc1ccccc1. The van der Waals surface area contributed by atoms with Gasteiger partial charge in [-0.05, 0) is 36.6 Å². The molecular weight excluding hydrogens is 340 g/mol. The van der Waals surface area contributed by atoms with Crippen molar-refractivity contribution in [2.75, 3.05) is 6.54 Å². The van der Waals surface area contributed by atoms with E-state index in [1.807, 2.05) is 25.1 Å². The quantitative estimate of drug-likeness (QED) is 0.588. The molecule has 0 heterocycles. The van der Waals surface area contributed by atoms with Crippen LogP contribution in [-0.4, -0.2) is 32.4 Å². The Labute approximate surface area is 148 Å². The first-order valence-corrected chi connectivity index (χ1v) is 9.57. The number of rotatable bonds is 9. The molecule has 25 heavy (non-hydrogen) atoms. The number of sulfonamides is 1. The Bertz CT molecular complexity index is 738. The maximum absolute atomic E-state index is 12.2. The van der Waals surface area contributed by atoms with Crippen molar-refractivity contribution >= 4 is 10.0 Å². The average molecular weight is 364 g/mol. The average Bonchev–Trinajstić information content (AvgIpc) is 2.61. The van der Waals surface area contributed by atoms with Gasteiger partial charge in [0.2, 0.25) is 10.0 Å². The topological polar surface area (TPSA) is 102 Å². The Morgan fingerprint density at radius 1 is 1.08 bits per heavy atom. The molecule has 0 aliphatic rings. The van der Waals surface area contributed by atoms with E-state index in [2.05, 4.69) is 4.72 Å². The van der Waals surface area contributed by atoms with Gasteiger partial charge in [0.15, 0.2) is 6.23 Å². The molecule has 0 amide bonds. The summed E-state index contributed by atoms with van der Waals surface area (Å²) in [6.45, 7) is 2.04. The van der Waals surface area contributed by atoms with Crippen molar-refractivity contribution in [2.24, 2.45) is 11.7 Å². The molecular formula is C18H24N2O4S. The molecule has 136 valence electrons. The van der Waals surface area contributed by atoms with Crippen LogP contribution in [0.2, 0.25) is 0 Å². The fourth-order valence-corrected chi connectivity index (χ4v) is 3.49. The summed E-state index contributed by atoms with van der Waals surface area (Å²) >= 11 is 0. The van der Waals surface area contributed by atoms with Gasteiger partial charge in [-0.15, -0.1) is 0 Å². The Morgan fingerprint density at radius 2 is 1.64 bits per heavy atom. The first-order valence-electron chi connectivity index (χ1n) is 8.08. The van der Waals surface area contributed by atoms with Gasteiger partial charge in [-0.3, -0.25) is 5.73 Å². The highest BCUT2D eigenvalue weighted by Crippen LogP contribution is 2.15.